The molecule has 4 nitrogen and oxygen atoms in total. The third kappa shape index (κ3) is 1.92. The van der Waals surface area contributed by atoms with E-state index in [0.717, 1.165) is 0 Å². The quantitative estimate of drug-likeness (QED) is 0.456. The number of aryl methyl sites for hydroxylation is 1. The topological polar surface area (TPSA) is 60.2 Å². The molecule has 1 aromatic rings. The lowest BCUT2D eigenvalue weighted by Gasteiger charge is -2.00. The molecule has 68 valence electrons. The van der Waals surface area contributed by atoms with Crippen LogP contribution in [0.2, 0.25) is 0 Å². The van der Waals surface area contributed by atoms with Crippen molar-refractivity contribution in [2.24, 2.45) is 0 Å². The number of nitro benzene ring substituents is 1. The molecule has 0 aromatic heterocycles. The molecule has 0 saturated heterocycles. The summed E-state index contributed by atoms with van der Waals surface area (Å²) in [4.78, 5) is 20.5. The summed E-state index contributed by atoms with van der Waals surface area (Å²) in [7, 11) is 0. The Labute approximate surface area is 82.8 Å². The molecule has 0 bridgehead atoms. The smallest absolute Gasteiger partial charge is 0.282 e. The normalized spacial score (nSPS) is 9.69. The lowest BCUT2D eigenvalue weighted by Crippen LogP contribution is -1.97. The van der Waals surface area contributed by atoms with Crippen LogP contribution >= 0.6 is 15.9 Å². The number of hydrogen-bond acceptors (Lipinski definition) is 3. The monoisotopic (exact) mass is 243 g/mol. The first-order valence-corrected chi connectivity index (χ1v) is 4.25. The van der Waals surface area contributed by atoms with Gasteiger partial charge in [0.2, 0.25) is 0 Å². The summed E-state index contributed by atoms with van der Waals surface area (Å²) >= 11 is 3.16. The lowest BCUT2D eigenvalue weighted by molar-refractivity contribution is -0.385. The van der Waals surface area contributed by atoms with Crippen molar-refractivity contribution in [1.29, 1.82) is 0 Å². The number of halogens is 1. The molecule has 1 rings (SSSR count). The summed E-state index contributed by atoms with van der Waals surface area (Å²) < 4.78 is 0.665. The van der Waals surface area contributed by atoms with Gasteiger partial charge in [-0.2, -0.15) is 0 Å². The summed E-state index contributed by atoms with van der Waals surface area (Å²) in [5.41, 5.74) is 0.441. The van der Waals surface area contributed by atoms with Crippen molar-refractivity contribution >= 4 is 27.9 Å². The average molecular weight is 244 g/mol. The van der Waals surface area contributed by atoms with Crippen molar-refractivity contribution in [3.05, 3.63) is 37.8 Å². The fourth-order valence-corrected chi connectivity index (χ4v) is 1.69. The highest BCUT2D eigenvalue weighted by atomic mass is 79.9. The van der Waals surface area contributed by atoms with E-state index in [1.165, 1.54) is 6.07 Å². The van der Waals surface area contributed by atoms with Gasteiger partial charge in [0.1, 0.15) is 0 Å². The highest BCUT2D eigenvalue weighted by molar-refractivity contribution is 9.10. The molecule has 0 spiro atoms. The van der Waals surface area contributed by atoms with Gasteiger partial charge in [-0.25, -0.2) is 0 Å². The Kier molecular flexibility index (Phi) is 2.77. The molecule has 0 aliphatic carbocycles. The third-order valence-corrected chi connectivity index (χ3v) is 2.06. The van der Waals surface area contributed by atoms with Gasteiger partial charge >= 0.3 is 0 Å². The summed E-state index contributed by atoms with van der Waals surface area (Å²) in [5.74, 6) is 0. The standard InChI is InChI=1S/C8H6BrNO3/c1-5-2-7(9)3-6(4-11)8(5)10(12)13/h2-4H,1H3. The third-order valence-electron chi connectivity index (χ3n) is 1.60. The van der Waals surface area contributed by atoms with E-state index in [-0.39, 0.29) is 11.3 Å². The van der Waals surface area contributed by atoms with Gasteiger partial charge < -0.3 is 0 Å². The number of aldehydes is 1. The number of benzene rings is 1. The predicted molar refractivity (Wildman–Crippen MR) is 50.9 cm³/mol. The van der Waals surface area contributed by atoms with E-state index in [1.54, 1.807) is 13.0 Å². The van der Waals surface area contributed by atoms with Crippen LogP contribution in [-0.2, 0) is 0 Å². The van der Waals surface area contributed by atoms with Gasteiger partial charge in [0.05, 0.1) is 10.5 Å². The molecular formula is C8H6BrNO3. The highest BCUT2D eigenvalue weighted by Crippen LogP contribution is 2.26. The summed E-state index contributed by atoms with van der Waals surface area (Å²) in [5, 5.41) is 10.5. The van der Waals surface area contributed by atoms with E-state index >= 15 is 0 Å². The minimum atomic E-state index is -0.550. The number of rotatable bonds is 2. The first-order chi connectivity index (χ1) is 6.06. The number of nitrogens with zero attached hydrogens (tertiary/aromatic N) is 1. The number of nitro groups is 1. The molecule has 0 aliphatic heterocycles. The minimum Gasteiger partial charge on any atom is -0.298 e. The van der Waals surface area contributed by atoms with Gasteiger partial charge in [-0.1, -0.05) is 15.9 Å². The summed E-state index contributed by atoms with van der Waals surface area (Å²) in [6.07, 6.45) is 0.482. The SMILES string of the molecule is Cc1cc(Br)cc(C=O)c1[N+](=O)[O-]. The molecule has 0 heterocycles. The van der Waals surface area contributed by atoms with Crippen molar-refractivity contribution in [1.82, 2.24) is 0 Å². The molecule has 0 unspecified atom stereocenters. The van der Waals surface area contributed by atoms with Crippen molar-refractivity contribution in [3.63, 3.8) is 0 Å². The highest BCUT2D eigenvalue weighted by Gasteiger charge is 2.17. The van der Waals surface area contributed by atoms with Gasteiger partial charge in [-0.3, -0.25) is 14.9 Å². The van der Waals surface area contributed by atoms with Gasteiger partial charge in [0, 0.05) is 10.0 Å². The molecule has 0 radical (unpaired) electrons. The van der Waals surface area contributed by atoms with E-state index in [4.69, 9.17) is 0 Å². The maximum Gasteiger partial charge on any atom is 0.282 e. The summed E-state index contributed by atoms with van der Waals surface area (Å²) in [6.45, 7) is 1.59. The molecule has 0 aliphatic rings. The zero-order chi connectivity index (χ0) is 10.0. The van der Waals surface area contributed by atoms with Crippen LogP contribution in [0.25, 0.3) is 0 Å². The van der Waals surface area contributed by atoms with E-state index < -0.39 is 4.92 Å². The average Bonchev–Trinajstić information content (AvgIpc) is 2.01. The Hall–Kier alpha value is -1.23. The molecule has 0 saturated carbocycles. The fourth-order valence-electron chi connectivity index (χ4n) is 1.10. The van der Waals surface area contributed by atoms with Crippen LogP contribution in [0.5, 0.6) is 0 Å². The first-order valence-electron chi connectivity index (χ1n) is 3.46. The van der Waals surface area contributed by atoms with Crippen molar-refractivity contribution < 1.29 is 9.72 Å². The van der Waals surface area contributed by atoms with E-state index in [9.17, 15) is 14.9 Å². The molecule has 0 N–H and O–H groups in total. The molecule has 13 heavy (non-hydrogen) atoms. The Bertz CT molecular complexity index is 376. The second-order valence-electron chi connectivity index (χ2n) is 2.54. The van der Waals surface area contributed by atoms with Crippen molar-refractivity contribution in [2.75, 3.05) is 0 Å². The zero-order valence-electron chi connectivity index (χ0n) is 6.78. The number of carbonyl (C=O) groups is 1. The largest absolute Gasteiger partial charge is 0.298 e. The molecular weight excluding hydrogens is 238 g/mol. The second kappa shape index (κ2) is 3.66. The van der Waals surface area contributed by atoms with Crippen LogP contribution in [0.15, 0.2) is 16.6 Å². The van der Waals surface area contributed by atoms with Crippen LogP contribution in [0.1, 0.15) is 15.9 Å². The van der Waals surface area contributed by atoms with Crippen LogP contribution in [0, 0.1) is 17.0 Å². The summed E-state index contributed by atoms with van der Waals surface area (Å²) in [6, 6.07) is 3.03. The second-order valence-corrected chi connectivity index (χ2v) is 3.45. The van der Waals surface area contributed by atoms with E-state index in [2.05, 4.69) is 15.9 Å². The Morgan fingerprint density at radius 2 is 2.15 bits per heavy atom. The maximum absolute atomic E-state index is 10.5. The van der Waals surface area contributed by atoms with Gasteiger partial charge in [0.15, 0.2) is 6.29 Å². The predicted octanol–water partition coefficient (Wildman–Crippen LogP) is 2.48. The first kappa shape index (κ1) is 9.85. The van der Waals surface area contributed by atoms with Gasteiger partial charge in [0.25, 0.3) is 5.69 Å². The molecule has 5 heteroatoms. The molecule has 0 amide bonds. The molecule has 0 fully saturated rings. The lowest BCUT2D eigenvalue weighted by atomic mass is 10.1. The number of carbonyl (C=O) groups excluding carboxylic acids is 1. The van der Waals surface area contributed by atoms with Gasteiger partial charge in [-0.05, 0) is 19.1 Å². The Morgan fingerprint density at radius 3 is 2.62 bits per heavy atom. The van der Waals surface area contributed by atoms with Crippen molar-refractivity contribution in [3.8, 4) is 0 Å². The van der Waals surface area contributed by atoms with Crippen LogP contribution in [0.4, 0.5) is 5.69 Å². The van der Waals surface area contributed by atoms with E-state index in [0.29, 0.717) is 16.3 Å². The minimum absolute atomic E-state index is 0.0943. The molecule has 0 atom stereocenters. The Morgan fingerprint density at radius 1 is 1.54 bits per heavy atom. The van der Waals surface area contributed by atoms with Crippen molar-refractivity contribution in [2.45, 2.75) is 6.92 Å². The van der Waals surface area contributed by atoms with E-state index in [1.807, 2.05) is 0 Å². The fraction of sp³-hybridized carbons (Fsp3) is 0.125. The zero-order valence-corrected chi connectivity index (χ0v) is 8.37. The number of hydrogen-bond donors (Lipinski definition) is 0. The van der Waals surface area contributed by atoms with Crippen LogP contribution in [0.3, 0.4) is 0 Å². The maximum atomic E-state index is 10.5. The Balaban J connectivity index is 3.47. The molecule has 1 aromatic carbocycles. The van der Waals surface area contributed by atoms with Crippen LogP contribution in [-0.4, -0.2) is 11.2 Å². The van der Waals surface area contributed by atoms with Gasteiger partial charge in [-0.15, -0.1) is 0 Å². The van der Waals surface area contributed by atoms with Crippen LogP contribution < -0.4 is 0 Å².